The van der Waals surface area contributed by atoms with Crippen molar-refractivity contribution in [3.05, 3.63) is 23.8 Å². The summed E-state index contributed by atoms with van der Waals surface area (Å²) in [5, 5.41) is 0. The Hall–Kier alpha value is -1.26. The molecule has 0 aliphatic rings. The maximum Gasteiger partial charge on any atom is 0.272 e. The van der Waals surface area contributed by atoms with E-state index in [9.17, 15) is 13.2 Å². The van der Waals surface area contributed by atoms with Crippen LogP contribution in [0.3, 0.4) is 0 Å². The molecular formula is C10H14F3NO. The molecule has 0 radical (unpaired) electrons. The highest BCUT2D eigenvalue weighted by atomic mass is 19.3. The van der Waals surface area contributed by atoms with E-state index in [0.29, 0.717) is 5.69 Å². The molecule has 0 atom stereocenters. The van der Waals surface area contributed by atoms with Crippen LogP contribution in [0, 0.1) is 12.7 Å². The number of nitrogens with zero attached hydrogens (tertiary/aromatic N) is 1. The molecule has 0 bridgehead atoms. The number of hydrogen-bond acceptors (Lipinski definition) is 2. The van der Waals surface area contributed by atoms with Crippen LogP contribution in [0.1, 0.15) is 19.5 Å². The van der Waals surface area contributed by atoms with Gasteiger partial charge in [0.15, 0.2) is 0 Å². The SMILES string of the molecule is CC.Cc1ncc(F)cc1OCC(F)F. The van der Waals surface area contributed by atoms with Crippen molar-refractivity contribution in [1.29, 1.82) is 0 Å². The Morgan fingerprint density at radius 3 is 2.53 bits per heavy atom. The first kappa shape index (κ1) is 13.7. The first-order chi connectivity index (χ1) is 7.09. The van der Waals surface area contributed by atoms with Crippen LogP contribution in [0.15, 0.2) is 12.3 Å². The third-order valence-corrected chi connectivity index (χ3v) is 1.37. The summed E-state index contributed by atoms with van der Waals surface area (Å²) < 4.78 is 40.6. The molecule has 1 heterocycles. The summed E-state index contributed by atoms with van der Waals surface area (Å²) in [5.41, 5.74) is 0.391. The molecule has 0 unspecified atom stereocenters. The maximum absolute atomic E-state index is 12.5. The van der Waals surface area contributed by atoms with Gasteiger partial charge in [-0.2, -0.15) is 0 Å². The summed E-state index contributed by atoms with van der Waals surface area (Å²) in [6, 6.07) is 1.03. The summed E-state index contributed by atoms with van der Waals surface area (Å²) in [6.45, 7) is 4.81. The predicted molar refractivity (Wildman–Crippen MR) is 51.8 cm³/mol. The molecular weight excluding hydrogens is 207 g/mol. The number of aryl methyl sites for hydroxylation is 1. The highest BCUT2D eigenvalue weighted by molar-refractivity contribution is 5.26. The Morgan fingerprint density at radius 1 is 1.40 bits per heavy atom. The van der Waals surface area contributed by atoms with Crippen molar-refractivity contribution in [2.24, 2.45) is 0 Å². The largest absolute Gasteiger partial charge is 0.486 e. The average molecular weight is 221 g/mol. The van der Waals surface area contributed by atoms with Crippen LogP contribution in [0.5, 0.6) is 5.75 Å². The third-order valence-electron chi connectivity index (χ3n) is 1.37. The van der Waals surface area contributed by atoms with Crippen molar-refractivity contribution in [2.45, 2.75) is 27.2 Å². The van der Waals surface area contributed by atoms with Gasteiger partial charge >= 0.3 is 0 Å². The Kier molecular flexibility index (Phi) is 6.49. The molecule has 0 spiro atoms. The zero-order valence-corrected chi connectivity index (χ0v) is 8.93. The summed E-state index contributed by atoms with van der Waals surface area (Å²) in [4.78, 5) is 3.61. The van der Waals surface area contributed by atoms with Gasteiger partial charge in [-0.05, 0) is 6.92 Å². The van der Waals surface area contributed by atoms with Gasteiger partial charge in [0.1, 0.15) is 18.2 Å². The molecule has 0 amide bonds. The van der Waals surface area contributed by atoms with Crippen molar-refractivity contribution in [1.82, 2.24) is 4.98 Å². The highest BCUT2D eigenvalue weighted by Gasteiger charge is 2.07. The van der Waals surface area contributed by atoms with Crippen LogP contribution in [-0.2, 0) is 0 Å². The fourth-order valence-electron chi connectivity index (χ4n) is 0.788. The Bertz CT molecular complexity index is 292. The minimum Gasteiger partial charge on any atom is -0.486 e. The fourth-order valence-corrected chi connectivity index (χ4v) is 0.788. The topological polar surface area (TPSA) is 22.1 Å². The van der Waals surface area contributed by atoms with Gasteiger partial charge in [-0.3, -0.25) is 4.98 Å². The van der Waals surface area contributed by atoms with E-state index in [2.05, 4.69) is 9.72 Å². The summed E-state index contributed by atoms with van der Waals surface area (Å²) in [5.74, 6) is -0.546. The zero-order chi connectivity index (χ0) is 11.8. The molecule has 2 nitrogen and oxygen atoms in total. The van der Waals surface area contributed by atoms with Gasteiger partial charge in [-0.25, -0.2) is 13.2 Å². The van der Waals surface area contributed by atoms with E-state index in [4.69, 9.17) is 0 Å². The van der Waals surface area contributed by atoms with E-state index in [0.717, 1.165) is 12.3 Å². The van der Waals surface area contributed by atoms with Crippen molar-refractivity contribution in [2.75, 3.05) is 6.61 Å². The monoisotopic (exact) mass is 221 g/mol. The summed E-state index contributed by atoms with van der Waals surface area (Å²) >= 11 is 0. The van der Waals surface area contributed by atoms with E-state index >= 15 is 0 Å². The summed E-state index contributed by atoms with van der Waals surface area (Å²) in [6.07, 6.45) is -1.56. The number of ether oxygens (including phenoxy) is 1. The van der Waals surface area contributed by atoms with Gasteiger partial charge in [0.25, 0.3) is 6.43 Å². The molecule has 86 valence electrons. The number of halogens is 3. The van der Waals surface area contributed by atoms with Crippen LogP contribution in [0.25, 0.3) is 0 Å². The molecule has 1 rings (SSSR count). The first-order valence-corrected chi connectivity index (χ1v) is 4.62. The predicted octanol–water partition coefficient (Wildman–Crippen LogP) is 3.20. The Balaban J connectivity index is 0.000000921. The lowest BCUT2D eigenvalue weighted by Crippen LogP contribution is -2.08. The van der Waals surface area contributed by atoms with E-state index in [1.165, 1.54) is 0 Å². The number of alkyl halides is 2. The maximum atomic E-state index is 12.5. The van der Waals surface area contributed by atoms with E-state index in [1.807, 2.05) is 13.8 Å². The minimum atomic E-state index is -2.57. The quantitative estimate of drug-likeness (QED) is 0.781. The van der Waals surface area contributed by atoms with Gasteiger partial charge in [-0.1, -0.05) is 13.8 Å². The molecule has 1 aromatic heterocycles. The second-order valence-corrected chi connectivity index (χ2v) is 2.44. The van der Waals surface area contributed by atoms with Crippen LogP contribution < -0.4 is 4.74 Å². The Morgan fingerprint density at radius 2 is 2.00 bits per heavy atom. The van der Waals surface area contributed by atoms with Gasteiger partial charge < -0.3 is 4.74 Å². The van der Waals surface area contributed by atoms with Gasteiger partial charge in [-0.15, -0.1) is 0 Å². The molecule has 0 N–H and O–H groups in total. The molecule has 0 saturated heterocycles. The lowest BCUT2D eigenvalue weighted by atomic mass is 10.3. The molecule has 15 heavy (non-hydrogen) atoms. The molecule has 0 aromatic carbocycles. The molecule has 0 aliphatic carbocycles. The standard InChI is InChI=1S/C8H8F3NO.C2H6/c1-5-7(13-4-8(10)11)2-6(9)3-12-5;1-2/h2-3,8H,4H2,1H3;1-2H3. The van der Waals surface area contributed by atoms with Gasteiger partial charge in [0.05, 0.1) is 11.9 Å². The second-order valence-electron chi connectivity index (χ2n) is 2.44. The molecule has 5 heteroatoms. The van der Waals surface area contributed by atoms with Crippen molar-refractivity contribution in [3.63, 3.8) is 0 Å². The third kappa shape index (κ3) is 5.24. The molecule has 0 aliphatic heterocycles. The number of hydrogen-bond donors (Lipinski definition) is 0. The van der Waals surface area contributed by atoms with E-state index in [-0.39, 0.29) is 5.75 Å². The highest BCUT2D eigenvalue weighted by Crippen LogP contribution is 2.16. The lowest BCUT2D eigenvalue weighted by Gasteiger charge is -2.06. The van der Waals surface area contributed by atoms with Gasteiger partial charge in [0, 0.05) is 6.07 Å². The number of aromatic nitrogens is 1. The van der Waals surface area contributed by atoms with Crippen molar-refractivity contribution >= 4 is 0 Å². The van der Waals surface area contributed by atoms with Crippen LogP contribution in [0.2, 0.25) is 0 Å². The first-order valence-electron chi connectivity index (χ1n) is 4.62. The average Bonchev–Trinajstić information content (AvgIpc) is 2.22. The zero-order valence-electron chi connectivity index (χ0n) is 8.93. The smallest absolute Gasteiger partial charge is 0.272 e. The molecule has 0 saturated carbocycles. The second kappa shape index (κ2) is 7.09. The van der Waals surface area contributed by atoms with Crippen LogP contribution in [-0.4, -0.2) is 18.0 Å². The minimum absolute atomic E-state index is 0.0558. The lowest BCUT2D eigenvalue weighted by molar-refractivity contribution is 0.0811. The molecule has 0 fully saturated rings. The van der Waals surface area contributed by atoms with Gasteiger partial charge in [0.2, 0.25) is 0 Å². The fraction of sp³-hybridized carbons (Fsp3) is 0.500. The normalized spacial score (nSPS) is 9.53. The Labute approximate surface area is 87.1 Å². The number of rotatable bonds is 3. The van der Waals surface area contributed by atoms with Crippen LogP contribution in [0.4, 0.5) is 13.2 Å². The van der Waals surface area contributed by atoms with Crippen molar-refractivity contribution in [3.8, 4) is 5.75 Å². The van der Waals surface area contributed by atoms with E-state index < -0.39 is 18.8 Å². The summed E-state index contributed by atoms with van der Waals surface area (Å²) in [7, 11) is 0. The molecule has 1 aromatic rings. The number of pyridine rings is 1. The van der Waals surface area contributed by atoms with Crippen LogP contribution >= 0.6 is 0 Å². The van der Waals surface area contributed by atoms with Crippen molar-refractivity contribution < 1.29 is 17.9 Å². The van der Waals surface area contributed by atoms with E-state index in [1.54, 1.807) is 6.92 Å².